The van der Waals surface area contributed by atoms with E-state index in [2.05, 4.69) is 25.9 Å². The van der Waals surface area contributed by atoms with E-state index in [1.165, 1.54) is 0 Å². The Morgan fingerprint density at radius 1 is 1.18 bits per heavy atom. The summed E-state index contributed by atoms with van der Waals surface area (Å²) in [5.41, 5.74) is 2.03. The van der Waals surface area contributed by atoms with Crippen LogP contribution in [-0.4, -0.2) is 9.97 Å². The molecule has 0 spiro atoms. The number of nitrogens with zero attached hydrogens (tertiary/aromatic N) is 2. The monoisotopic (exact) mass is 442 g/mol. The van der Waals surface area contributed by atoms with Crippen LogP contribution in [0.25, 0.3) is 11.4 Å². The fourth-order valence-corrected chi connectivity index (χ4v) is 2.26. The molecule has 0 aliphatic carbocycles. The van der Waals surface area contributed by atoms with E-state index >= 15 is 0 Å². The van der Waals surface area contributed by atoms with Gasteiger partial charge in [-0.25, -0.2) is 9.97 Å². The first kappa shape index (κ1) is 13.5. The van der Waals surface area contributed by atoms with Crippen LogP contribution in [0.1, 0.15) is 5.56 Å². The Morgan fingerprint density at radius 2 is 1.76 bits per heavy atom. The minimum Gasteiger partial charge on any atom is -0.215 e. The first-order valence-corrected chi connectivity index (χ1v) is 7.27. The van der Waals surface area contributed by atoms with E-state index in [0.717, 1.165) is 15.6 Å². The topological polar surface area (TPSA) is 25.8 Å². The van der Waals surface area contributed by atoms with Gasteiger partial charge in [0, 0.05) is 10.0 Å². The van der Waals surface area contributed by atoms with Crippen molar-refractivity contribution in [2.24, 2.45) is 0 Å². The maximum absolute atomic E-state index is 5.99. The molecule has 0 unspecified atom stereocenters. The van der Waals surface area contributed by atoms with Crippen molar-refractivity contribution in [3.8, 4) is 11.4 Å². The van der Waals surface area contributed by atoms with Crippen molar-refractivity contribution < 1.29 is 0 Å². The summed E-state index contributed by atoms with van der Waals surface area (Å²) < 4.78 is 1.67. The van der Waals surface area contributed by atoms with Crippen molar-refractivity contribution in [2.75, 3.05) is 0 Å². The van der Waals surface area contributed by atoms with E-state index < -0.39 is 0 Å². The molecule has 2 rings (SSSR count). The van der Waals surface area contributed by atoms with Gasteiger partial charge in [-0.1, -0.05) is 51.3 Å². The Balaban J connectivity index is 2.57. The van der Waals surface area contributed by atoms with Gasteiger partial charge in [0.2, 0.25) is 0 Å². The molecule has 0 amide bonds. The molecule has 1 heterocycles. The minimum atomic E-state index is 0.372. The molecule has 0 radical (unpaired) electrons. The highest BCUT2D eigenvalue weighted by atomic mass is 127. The molecule has 0 aliphatic rings. The third kappa shape index (κ3) is 2.92. The van der Waals surface area contributed by atoms with Gasteiger partial charge < -0.3 is 0 Å². The van der Waals surface area contributed by atoms with Crippen LogP contribution >= 0.6 is 61.7 Å². The number of benzene rings is 1. The van der Waals surface area contributed by atoms with E-state index in [0.29, 0.717) is 19.7 Å². The lowest BCUT2D eigenvalue weighted by Gasteiger charge is -2.05. The lowest BCUT2D eigenvalue weighted by molar-refractivity contribution is 1.16. The van der Waals surface area contributed by atoms with E-state index in [1.54, 1.807) is 0 Å². The number of hydrogen-bond acceptors (Lipinski definition) is 2. The molecule has 0 aliphatic heterocycles. The quantitative estimate of drug-likeness (QED) is 0.451. The predicted octanol–water partition coefficient (Wildman–Crippen LogP) is 5.13. The molecule has 0 saturated heterocycles. The highest BCUT2D eigenvalue weighted by Crippen LogP contribution is 2.28. The second-order valence-electron chi connectivity index (χ2n) is 3.41. The van der Waals surface area contributed by atoms with Crippen LogP contribution in [0, 0.1) is 10.5 Å². The highest BCUT2D eigenvalue weighted by Gasteiger charge is 2.11. The van der Waals surface area contributed by atoms with Crippen LogP contribution in [0.5, 0.6) is 0 Å². The lowest BCUT2D eigenvalue weighted by atomic mass is 10.1. The van der Waals surface area contributed by atoms with Crippen LogP contribution in [0.15, 0.2) is 22.7 Å². The maximum atomic E-state index is 5.99. The minimum absolute atomic E-state index is 0.372. The lowest BCUT2D eigenvalue weighted by Crippen LogP contribution is -1.94. The Morgan fingerprint density at radius 3 is 2.29 bits per heavy atom. The van der Waals surface area contributed by atoms with Crippen LogP contribution < -0.4 is 0 Å². The molecule has 6 heteroatoms. The largest absolute Gasteiger partial charge is 0.215 e. The molecule has 0 atom stereocenters. The fraction of sp³-hybridized carbons (Fsp3) is 0.0909. The second kappa shape index (κ2) is 5.38. The van der Waals surface area contributed by atoms with Gasteiger partial charge in [-0.3, -0.25) is 0 Å². The zero-order valence-corrected chi connectivity index (χ0v) is 13.9. The molecule has 2 nitrogen and oxygen atoms in total. The van der Waals surface area contributed by atoms with Crippen molar-refractivity contribution in [3.05, 3.63) is 42.1 Å². The average Bonchev–Trinajstić information content (AvgIpc) is 2.29. The molecular weight excluding hydrogens is 438 g/mol. The molecule has 2 aromatic rings. The summed E-state index contributed by atoms with van der Waals surface area (Å²) in [6.45, 7) is 2.02. The molecule has 0 bridgehead atoms. The summed E-state index contributed by atoms with van der Waals surface area (Å²) in [5.74, 6) is 0.529. The maximum Gasteiger partial charge on any atom is 0.162 e. The molecule has 0 saturated carbocycles. The standard InChI is InChI=1S/C11H6BrCl2IN2/c1-5-2-3-6(4-7(5)12)11-16-9(13)8(15)10(14)17-11/h2-4H,1H3. The molecule has 88 valence electrons. The molecule has 0 fully saturated rings. The van der Waals surface area contributed by atoms with Gasteiger partial charge in [0.15, 0.2) is 5.82 Å². The van der Waals surface area contributed by atoms with Crippen LogP contribution in [0.3, 0.4) is 0 Å². The summed E-state index contributed by atoms with van der Waals surface area (Å²) in [7, 11) is 0. The van der Waals surface area contributed by atoms with Crippen LogP contribution in [0.4, 0.5) is 0 Å². The third-order valence-corrected chi connectivity index (χ3v) is 5.26. The molecule has 1 aromatic heterocycles. The summed E-state index contributed by atoms with van der Waals surface area (Å²) in [6.07, 6.45) is 0. The van der Waals surface area contributed by atoms with Crippen molar-refractivity contribution in [2.45, 2.75) is 6.92 Å². The fourth-order valence-electron chi connectivity index (χ4n) is 1.26. The molecular formula is C11H6BrCl2IN2. The zero-order valence-electron chi connectivity index (χ0n) is 8.64. The van der Waals surface area contributed by atoms with E-state index in [1.807, 2.05) is 47.7 Å². The predicted molar refractivity (Wildman–Crippen MR) is 82.6 cm³/mol. The van der Waals surface area contributed by atoms with Crippen molar-refractivity contribution in [1.29, 1.82) is 0 Å². The first-order valence-electron chi connectivity index (χ1n) is 4.64. The second-order valence-corrected chi connectivity index (χ2v) is 6.06. The van der Waals surface area contributed by atoms with Crippen molar-refractivity contribution in [1.82, 2.24) is 9.97 Å². The van der Waals surface area contributed by atoms with Crippen LogP contribution in [-0.2, 0) is 0 Å². The van der Waals surface area contributed by atoms with Crippen molar-refractivity contribution in [3.63, 3.8) is 0 Å². The van der Waals surface area contributed by atoms with Gasteiger partial charge in [0.05, 0.1) is 3.57 Å². The van der Waals surface area contributed by atoms with Gasteiger partial charge in [-0.05, 0) is 41.1 Å². The molecule has 0 N–H and O–H groups in total. The zero-order chi connectivity index (χ0) is 12.6. The normalized spacial score (nSPS) is 10.6. The summed E-state index contributed by atoms with van der Waals surface area (Å²) >= 11 is 17.5. The van der Waals surface area contributed by atoms with E-state index in [4.69, 9.17) is 23.2 Å². The number of aryl methyl sites for hydroxylation is 1. The summed E-state index contributed by atoms with van der Waals surface area (Å²) in [4.78, 5) is 8.43. The highest BCUT2D eigenvalue weighted by molar-refractivity contribution is 14.1. The van der Waals surface area contributed by atoms with Gasteiger partial charge in [0.25, 0.3) is 0 Å². The first-order chi connectivity index (χ1) is 7.99. The Labute approximate surface area is 131 Å². The Bertz CT molecular complexity index is 567. The third-order valence-electron chi connectivity index (χ3n) is 2.20. The molecule has 17 heavy (non-hydrogen) atoms. The number of aromatic nitrogens is 2. The number of rotatable bonds is 1. The van der Waals surface area contributed by atoms with Crippen molar-refractivity contribution >= 4 is 61.7 Å². The average molecular weight is 444 g/mol. The SMILES string of the molecule is Cc1ccc(-c2nc(Cl)c(I)c(Cl)n2)cc1Br. The molecule has 1 aromatic carbocycles. The van der Waals surface area contributed by atoms with Gasteiger partial charge in [0.1, 0.15) is 10.3 Å². The van der Waals surface area contributed by atoms with Gasteiger partial charge in [-0.15, -0.1) is 0 Å². The summed E-state index contributed by atoms with van der Waals surface area (Å²) in [6, 6.07) is 5.88. The van der Waals surface area contributed by atoms with E-state index in [-0.39, 0.29) is 0 Å². The number of halogens is 4. The Hall–Kier alpha value is 0.0900. The van der Waals surface area contributed by atoms with E-state index in [9.17, 15) is 0 Å². The van der Waals surface area contributed by atoms with Crippen LogP contribution in [0.2, 0.25) is 10.3 Å². The number of hydrogen-bond donors (Lipinski definition) is 0. The van der Waals surface area contributed by atoms with Gasteiger partial charge in [-0.2, -0.15) is 0 Å². The van der Waals surface area contributed by atoms with Gasteiger partial charge >= 0.3 is 0 Å². The summed E-state index contributed by atoms with van der Waals surface area (Å²) in [5, 5.41) is 0.745. The Kier molecular flexibility index (Phi) is 4.28. The smallest absolute Gasteiger partial charge is 0.162 e.